The van der Waals surface area contributed by atoms with Crippen LogP contribution in [0.2, 0.25) is 0 Å². The SMILES string of the molecule is CC(=O)OCCCCCOC(=O)c1cccc(OCCCCCOC(C)=O)c1C.Cc1c(O)cccc1C(=O)O.Cc1c(OCCCCCO)cccc1C(=O)O. The summed E-state index contributed by atoms with van der Waals surface area (Å²) in [5.74, 6) is -1.56. The summed E-state index contributed by atoms with van der Waals surface area (Å²) in [4.78, 5) is 55.0. The monoisotopic (exact) mass is 798 g/mol. The summed E-state index contributed by atoms with van der Waals surface area (Å²) in [6.45, 7) is 10.4. The van der Waals surface area contributed by atoms with Crippen LogP contribution in [0, 0.1) is 20.8 Å². The number of carboxylic acid groups (broad SMARTS) is 2. The molecule has 3 rings (SSSR count). The molecule has 0 unspecified atom stereocenters. The number of aliphatic hydroxyl groups is 1. The van der Waals surface area contributed by atoms with Crippen molar-refractivity contribution in [3.8, 4) is 17.2 Å². The van der Waals surface area contributed by atoms with Crippen molar-refractivity contribution < 1.29 is 68.1 Å². The number of rotatable bonds is 22. The van der Waals surface area contributed by atoms with E-state index in [4.69, 9.17) is 44.1 Å². The molecule has 14 nitrogen and oxygen atoms in total. The second-order valence-corrected chi connectivity index (χ2v) is 12.8. The van der Waals surface area contributed by atoms with Crippen LogP contribution in [0.4, 0.5) is 0 Å². The Hall–Kier alpha value is -5.63. The molecule has 0 radical (unpaired) electrons. The van der Waals surface area contributed by atoms with Crippen LogP contribution < -0.4 is 9.47 Å². The minimum absolute atomic E-state index is 0.0184. The Kier molecular flexibility index (Phi) is 24.9. The van der Waals surface area contributed by atoms with Gasteiger partial charge in [0.05, 0.1) is 49.7 Å². The molecule has 0 aliphatic heterocycles. The molecule has 3 aromatic carbocycles. The molecule has 0 aliphatic carbocycles. The van der Waals surface area contributed by atoms with E-state index in [1.54, 1.807) is 44.2 Å². The fourth-order valence-corrected chi connectivity index (χ4v) is 5.04. The van der Waals surface area contributed by atoms with E-state index in [0.29, 0.717) is 61.2 Å². The first-order chi connectivity index (χ1) is 27.2. The van der Waals surface area contributed by atoms with Crippen molar-refractivity contribution in [1.29, 1.82) is 0 Å². The molecule has 314 valence electrons. The molecule has 4 N–H and O–H groups in total. The molecule has 57 heavy (non-hydrogen) atoms. The first kappa shape index (κ1) is 49.4. The standard InChI is InChI=1S/C22H32O7.C13H18O4.C8H8O3/c1-17-20(22(25)29-16-9-5-7-14-27-19(3)24)11-10-12-21(17)28-15-8-4-6-13-26-18(2)23;1-10-11(13(15)16)6-5-7-12(10)17-9-4-2-3-8-14;1-5-6(8(10)11)3-2-4-7(5)9/h10-12H,4-9,13-16H2,1-3H3;5-7,14H,2-4,8-9H2,1H3,(H,15,16);2-4,9H,1H3,(H,10,11). The van der Waals surface area contributed by atoms with Crippen LogP contribution in [-0.2, 0) is 23.8 Å². The molecule has 3 aromatic rings. The molecule has 0 saturated carbocycles. The fraction of sp³-hybridized carbons (Fsp3) is 0.465. The number of carboxylic acids is 2. The lowest BCUT2D eigenvalue weighted by atomic mass is 10.1. The Morgan fingerprint density at radius 2 is 0.877 bits per heavy atom. The number of benzene rings is 3. The second-order valence-electron chi connectivity index (χ2n) is 12.8. The highest BCUT2D eigenvalue weighted by Gasteiger charge is 2.14. The van der Waals surface area contributed by atoms with Gasteiger partial charge in [-0.3, -0.25) is 9.59 Å². The van der Waals surface area contributed by atoms with E-state index >= 15 is 0 Å². The smallest absolute Gasteiger partial charge is 0.338 e. The predicted molar refractivity (Wildman–Crippen MR) is 212 cm³/mol. The largest absolute Gasteiger partial charge is 0.508 e. The third-order valence-corrected chi connectivity index (χ3v) is 8.29. The van der Waals surface area contributed by atoms with Crippen molar-refractivity contribution in [3.05, 3.63) is 88.0 Å². The Morgan fingerprint density at radius 1 is 0.491 bits per heavy atom. The van der Waals surface area contributed by atoms with Gasteiger partial charge in [0.1, 0.15) is 17.2 Å². The van der Waals surface area contributed by atoms with E-state index < -0.39 is 11.9 Å². The highest BCUT2D eigenvalue weighted by molar-refractivity contribution is 5.92. The maximum atomic E-state index is 12.3. The summed E-state index contributed by atoms with van der Waals surface area (Å²) < 4.78 is 26.4. The van der Waals surface area contributed by atoms with Crippen molar-refractivity contribution in [3.63, 3.8) is 0 Å². The lowest BCUT2D eigenvalue weighted by molar-refractivity contribution is -0.142. The van der Waals surface area contributed by atoms with Gasteiger partial charge < -0.3 is 44.1 Å². The van der Waals surface area contributed by atoms with Gasteiger partial charge in [-0.1, -0.05) is 18.2 Å². The van der Waals surface area contributed by atoms with Crippen molar-refractivity contribution in [1.82, 2.24) is 0 Å². The minimum Gasteiger partial charge on any atom is -0.508 e. The van der Waals surface area contributed by atoms with Crippen LogP contribution in [0.3, 0.4) is 0 Å². The van der Waals surface area contributed by atoms with Crippen LogP contribution in [0.15, 0.2) is 54.6 Å². The third kappa shape index (κ3) is 20.7. The number of unbranched alkanes of at least 4 members (excludes halogenated alkanes) is 6. The average molecular weight is 799 g/mol. The summed E-state index contributed by atoms with van der Waals surface area (Å²) >= 11 is 0. The van der Waals surface area contributed by atoms with Gasteiger partial charge in [0, 0.05) is 37.1 Å². The van der Waals surface area contributed by atoms with E-state index in [0.717, 1.165) is 63.4 Å². The lowest BCUT2D eigenvalue weighted by Gasteiger charge is -2.12. The fourth-order valence-electron chi connectivity index (χ4n) is 5.04. The highest BCUT2D eigenvalue weighted by Crippen LogP contribution is 2.24. The van der Waals surface area contributed by atoms with Crippen molar-refractivity contribution in [2.75, 3.05) is 39.6 Å². The van der Waals surface area contributed by atoms with E-state index in [9.17, 15) is 24.0 Å². The Morgan fingerprint density at radius 3 is 1.32 bits per heavy atom. The summed E-state index contributed by atoms with van der Waals surface area (Å²) in [6, 6.07) is 14.8. The Balaban J connectivity index is 0.000000484. The van der Waals surface area contributed by atoms with Gasteiger partial charge in [0.15, 0.2) is 0 Å². The number of aromatic carboxylic acids is 2. The number of hydrogen-bond acceptors (Lipinski definition) is 12. The molecule has 0 heterocycles. The number of phenols is 1. The van der Waals surface area contributed by atoms with Crippen LogP contribution in [0.1, 0.15) is 119 Å². The summed E-state index contributed by atoms with van der Waals surface area (Å²) in [5.41, 5.74) is 2.73. The molecule has 0 spiro atoms. The summed E-state index contributed by atoms with van der Waals surface area (Å²) in [7, 11) is 0. The van der Waals surface area contributed by atoms with Gasteiger partial charge in [0.25, 0.3) is 0 Å². The van der Waals surface area contributed by atoms with Crippen molar-refractivity contribution >= 4 is 29.8 Å². The molecule has 0 fully saturated rings. The number of ether oxygens (including phenoxy) is 5. The van der Waals surface area contributed by atoms with E-state index in [2.05, 4.69) is 0 Å². The van der Waals surface area contributed by atoms with E-state index in [1.165, 1.54) is 32.0 Å². The minimum atomic E-state index is -1.02. The van der Waals surface area contributed by atoms with Crippen LogP contribution in [0.5, 0.6) is 17.2 Å². The number of carbonyl (C=O) groups excluding carboxylic acids is 3. The average Bonchev–Trinajstić information content (AvgIpc) is 3.16. The predicted octanol–water partition coefficient (Wildman–Crippen LogP) is 7.63. The molecule has 14 heteroatoms. The number of aliphatic hydroxyl groups excluding tert-OH is 1. The van der Waals surface area contributed by atoms with Crippen LogP contribution in [-0.4, -0.2) is 89.9 Å². The lowest BCUT2D eigenvalue weighted by Crippen LogP contribution is -2.10. The Bertz CT molecular complexity index is 1700. The second kappa shape index (κ2) is 28.7. The molecule has 0 amide bonds. The zero-order valence-electron chi connectivity index (χ0n) is 33.7. The molecule has 0 aliphatic rings. The van der Waals surface area contributed by atoms with Gasteiger partial charge in [0.2, 0.25) is 0 Å². The van der Waals surface area contributed by atoms with Gasteiger partial charge in [-0.15, -0.1) is 0 Å². The zero-order chi connectivity index (χ0) is 42.6. The normalized spacial score (nSPS) is 10.1. The quantitative estimate of drug-likeness (QED) is 0.0437. The van der Waals surface area contributed by atoms with E-state index in [-0.39, 0.29) is 41.4 Å². The van der Waals surface area contributed by atoms with E-state index in [1.807, 2.05) is 13.0 Å². The number of carbonyl (C=O) groups is 5. The van der Waals surface area contributed by atoms with Gasteiger partial charge in [-0.25, -0.2) is 14.4 Å². The molecule has 0 saturated heterocycles. The third-order valence-electron chi connectivity index (χ3n) is 8.29. The summed E-state index contributed by atoms with van der Waals surface area (Å²) in [6.07, 6.45) is 7.36. The topological polar surface area (TPSA) is 212 Å². The molecule has 0 bridgehead atoms. The first-order valence-electron chi connectivity index (χ1n) is 19.0. The number of aromatic hydroxyl groups is 1. The van der Waals surface area contributed by atoms with Gasteiger partial charge in [-0.05, 0) is 115 Å². The highest BCUT2D eigenvalue weighted by atomic mass is 16.5. The number of hydrogen-bond donors (Lipinski definition) is 4. The summed E-state index contributed by atoms with van der Waals surface area (Å²) in [5, 5.41) is 35.2. The van der Waals surface area contributed by atoms with Crippen molar-refractivity contribution in [2.45, 2.75) is 92.4 Å². The van der Waals surface area contributed by atoms with Crippen molar-refractivity contribution in [2.24, 2.45) is 0 Å². The molecule has 0 aromatic heterocycles. The van der Waals surface area contributed by atoms with Crippen LogP contribution >= 0.6 is 0 Å². The van der Waals surface area contributed by atoms with Gasteiger partial charge >= 0.3 is 29.8 Å². The number of esters is 3. The maximum absolute atomic E-state index is 12.3. The van der Waals surface area contributed by atoms with Gasteiger partial charge in [-0.2, -0.15) is 0 Å². The Labute approximate surface area is 334 Å². The van der Waals surface area contributed by atoms with Crippen LogP contribution in [0.25, 0.3) is 0 Å². The first-order valence-corrected chi connectivity index (χ1v) is 19.0. The number of phenolic OH excluding ortho intramolecular Hbond substituents is 1. The molecule has 0 atom stereocenters. The molecular weight excluding hydrogens is 740 g/mol. The maximum Gasteiger partial charge on any atom is 0.338 e. The zero-order valence-corrected chi connectivity index (χ0v) is 33.7. The molecular formula is C43H58O14.